The van der Waals surface area contributed by atoms with Crippen LogP contribution in [0.2, 0.25) is 0 Å². The van der Waals surface area contributed by atoms with Gasteiger partial charge in [-0.3, -0.25) is 4.90 Å². The number of piperidine rings is 1. The summed E-state index contributed by atoms with van der Waals surface area (Å²) in [7, 11) is 0. The molecular formula is C15H30N2. The summed E-state index contributed by atoms with van der Waals surface area (Å²) in [4.78, 5) is 2.82. The zero-order valence-corrected chi connectivity index (χ0v) is 11.8. The Bertz CT molecular complexity index is 217. The van der Waals surface area contributed by atoms with Gasteiger partial charge in [-0.25, -0.2) is 0 Å². The summed E-state index contributed by atoms with van der Waals surface area (Å²) in [6.45, 7) is 7.25. The molecule has 0 spiro atoms. The quantitative estimate of drug-likeness (QED) is 0.809. The van der Waals surface area contributed by atoms with Crippen molar-refractivity contribution < 1.29 is 0 Å². The van der Waals surface area contributed by atoms with Crippen molar-refractivity contribution in [2.45, 2.75) is 83.3 Å². The summed E-state index contributed by atoms with van der Waals surface area (Å²) < 4.78 is 0. The maximum absolute atomic E-state index is 3.80. The maximum atomic E-state index is 3.80. The zero-order chi connectivity index (χ0) is 12.1. The third-order valence-electron chi connectivity index (χ3n) is 4.67. The van der Waals surface area contributed by atoms with Crippen LogP contribution in [0.25, 0.3) is 0 Å². The van der Waals surface area contributed by atoms with Gasteiger partial charge in [0.25, 0.3) is 0 Å². The Morgan fingerprint density at radius 2 is 1.82 bits per heavy atom. The Labute approximate surface area is 107 Å². The molecule has 0 radical (unpaired) electrons. The molecule has 17 heavy (non-hydrogen) atoms. The van der Waals surface area contributed by atoms with Crippen LogP contribution in [0.4, 0.5) is 0 Å². The van der Waals surface area contributed by atoms with Crippen molar-refractivity contribution in [1.29, 1.82) is 0 Å². The van der Waals surface area contributed by atoms with Crippen LogP contribution < -0.4 is 5.32 Å². The lowest BCUT2D eigenvalue weighted by atomic mass is 9.86. The molecule has 0 aromatic rings. The largest absolute Gasteiger partial charge is 0.312 e. The molecule has 0 amide bonds. The lowest BCUT2D eigenvalue weighted by Gasteiger charge is -2.45. The third-order valence-corrected chi connectivity index (χ3v) is 4.67. The summed E-state index contributed by atoms with van der Waals surface area (Å²) in [5.41, 5.74) is 0. The first kappa shape index (κ1) is 13.4. The summed E-state index contributed by atoms with van der Waals surface area (Å²) in [6.07, 6.45) is 11.2. The Kier molecular flexibility index (Phi) is 5.30. The van der Waals surface area contributed by atoms with Crippen LogP contribution in [-0.2, 0) is 0 Å². The normalized spacial score (nSPS) is 36.0. The van der Waals surface area contributed by atoms with E-state index < -0.39 is 0 Å². The van der Waals surface area contributed by atoms with Gasteiger partial charge in [0, 0.05) is 18.1 Å². The highest BCUT2D eigenvalue weighted by atomic mass is 15.2. The van der Waals surface area contributed by atoms with Gasteiger partial charge in [-0.2, -0.15) is 0 Å². The average molecular weight is 238 g/mol. The molecule has 1 heterocycles. The molecule has 3 atom stereocenters. The molecule has 1 saturated carbocycles. The van der Waals surface area contributed by atoms with Gasteiger partial charge in [0.15, 0.2) is 0 Å². The SMILES string of the molecule is CCCNC1CCCCC1N1CCCCC1C. The van der Waals surface area contributed by atoms with E-state index in [1.807, 2.05) is 0 Å². The highest BCUT2D eigenvalue weighted by Crippen LogP contribution is 2.28. The van der Waals surface area contributed by atoms with Crippen molar-refractivity contribution in [3.05, 3.63) is 0 Å². The average Bonchev–Trinajstić information content (AvgIpc) is 2.37. The molecule has 1 N–H and O–H groups in total. The summed E-state index contributed by atoms with van der Waals surface area (Å²) in [5, 5.41) is 3.80. The second-order valence-corrected chi connectivity index (χ2v) is 6.00. The molecule has 100 valence electrons. The molecule has 2 aliphatic rings. The van der Waals surface area contributed by atoms with E-state index >= 15 is 0 Å². The van der Waals surface area contributed by atoms with E-state index in [1.54, 1.807) is 0 Å². The van der Waals surface area contributed by atoms with Gasteiger partial charge in [0.2, 0.25) is 0 Å². The highest BCUT2D eigenvalue weighted by Gasteiger charge is 2.33. The summed E-state index contributed by atoms with van der Waals surface area (Å²) in [5.74, 6) is 0. The van der Waals surface area contributed by atoms with E-state index in [1.165, 1.54) is 64.5 Å². The number of likely N-dealkylation sites (tertiary alicyclic amines) is 1. The van der Waals surface area contributed by atoms with Crippen molar-refractivity contribution >= 4 is 0 Å². The topological polar surface area (TPSA) is 15.3 Å². The molecule has 0 aromatic heterocycles. The fourth-order valence-corrected chi connectivity index (χ4v) is 3.69. The van der Waals surface area contributed by atoms with Gasteiger partial charge >= 0.3 is 0 Å². The first-order chi connectivity index (χ1) is 8.33. The number of nitrogens with one attached hydrogen (secondary N) is 1. The fraction of sp³-hybridized carbons (Fsp3) is 1.00. The van der Waals surface area contributed by atoms with E-state index in [-0.39, 0.29) is 0 Å². The molecule has 0 bridgehead atoms. The minimum Gasteiger partial charge on any atom is -0.312 e. The third kappa shape index (κ3) is 3.45. The second-order valence-electron chi connectivity index (χ2n) is 6.00. The van der Waals surface area contributed by atoms with Gasteiger partial charge < -0.3 is 5.32 Å². The molecule has 3 unspecified atom stereocenters. The fourth-order valence-electron chi connectivity index (χ4n) is 3.69. The first-order valence-corrected chi connectivity index (χ1v) is 7.82. The number of rotatable bonds is 4. The van der Waals surface area contributed by atoms with Gasteiger partial charge in [-0.15, -0.1) is 0 Å². The Morgan fingerprint density at radius 1 is 1.06 bits per heavy atom. The second kappa shape index (κ2) is 6.75. The minimum atomic E-state index is 0.768. The van der Waals surface area contributed by atoms with Crippen LogP contribution >= 0.6 is 0 Å². The Hall–Kier alpha value is -0.0800. The molecule has 2 heteroatoms. The van der Waals surface area contributed by atoms with Crippen molar-refractivity contribution in [3.63, 3.8) is 0 Å². The van der Waals surface area contributed by atoms with Crippen LogP contribution in [0.1, 0.15) is 65.2 Å². The first-order valence-electron chi connectivity index (χ1n) is 7.82. The number of hydrogen-bond donors (Lipinski definition) is 1. The molecule has 1 saturated heterocycles. The summed E-state index contributed by atoms with van der Waals surface area (Å²) in [6, 6.07) is 2.41. The lowest BCUT2D eigenvalue weighted by molar-refractivity contribution is 0.0600. The highest BCUT2D eigenvalue weighted by molar-refractivity contribution is 4.91. The molecular weight excluding hydrogens is 208 g/mol. The van der Waals surface area contributed by atoms with Crippen LogP contribution in [0.15, 0.2) is 0 Å². The smallest absolute Gasteiger partial charge is 0.0252 e. The van der Waals surface area contributed by atoms with Crippen LogP contribution in [0, 0.1) is 0 Å². The van der Waals surface area contributed by atoms with Crippen LogP contribution in [-0.4, -0.2) is 36.1 Å². The van der Waals surface area contributed by atoms with E-state index in [4.69, 9.17) is 0 Å². The van der Waals surface area contributed by atoms with Crippen LogP contribution in [0.3, 0.4) is 0 Å². The van der Waals surface area contributed by atoms with Crippen molar-refractivity contribution in [2.24, 2.45) is 0 Å². The van der Waals surface area contributed by atoms with E-state index in [9.17, 15) is 0 Å². The monoisotopic (exact) mass is 238 g/mol. The minimum absolute atomic E-state index is 0.768. The van der Waals surface area contributed by atoms with Crippen LogP contribution in [0.5, 0.6) is 0 Å². The zero-order valence-electron chi connectivity index (χ0n) is 11.8. The van der Waals surface area contributed by atoms with E-state index in [0.717, 1.165) is 18.1 Å². The predicted molar refractivity (Wildman–Crippen MR) is 74.4 cm³/mol. The summed E-state index contributed by atoms with van der Waals surface area (Å²) >= 11 is 0. The predicted octanol–water partition coefficient (Wildman–Crippen LogP) is 3.17. The number of hydrogen-bond acceptors (Lipinski definition) is 2. The Morgan fingerprint density at radius 3 is 2.59 bits per heavy atom. The lowest BCUT2D eigenvalue weighted by Crippen LogP contribution is -2.55. The van der Waals surface area contributed by atoms with E-state index in [0.29, 0.717) is 0 Å². The standard InChI is InChI=1S/C15H30N2/c1-3-11-16-14-9-4-5-10-15(14)17-12-7-6-8-13(17)2/h13-16H,3-12H2,1-2H3. The number of nitrogens with zero attached hydrogens (tertiary/aromatic N) is 1. The van der Waals surface area contributed by atoms with Gasteiger partial charge in [-0.1, -0.05) is 26.2 Å². The maximum Gasteiger partial charge on any atom is 0.0252 e. The molecule has 2 nitrogen and oxygen atoms in total. The van der Waals surface area contributed by atoms with Gasteiger partial charge in [0.05, 0.1) is 0 Å². The van der Waals surface area contributed by atoms with Crippen molar-refractivity contribution in [3.8, 4) is 0 Å². The van der Waals surface area contributed by atoms with Gasteiger partial charge in [-0.05, 0) is 52.1 Å². The molecule has 0 aromatic carbocycles. The molecule has 1 aliphatic heterocycles. The molecule has 1 aliphatic carbocycles. The van der Waals surface area contributed by atoms with Crippen molar-refractivity contribution in [1.82, 2.24) is 10.2 Å². The van der Waals surface area contributed by atoms with E-state index in [2.05, 4.69) is 24.1 Å². The van der Waals surface area contributed by atoms with Crippen molar-refractivity contribution in [2.75, 3.05) is 13.1 Å². The molecule has 2 rings (SSSR count). The Balaban J connectivity index is 1.94. The molecule has 2 fully saturated rings. The van der Waals surface area contributed by atoms with Gasteiger partial charge in [0.1, 0.15) is 0 Å².